The molecule has 0 spiro atoms. The van der Waals surface area contributed by atoms with Crippen LogP contribution in [0.2, 0.25) is 0 Å². The molecule has 1 heterocycles. The number of hydrogen-bond donors (Lipinski definition) is 2. The number of nitrogens with zero attached hydrogens (tertiary/aromatic N) is 3. The Hall–Kier alpha value is -2.04. The lowest BCUT2D eigenvalue weighted by molar-refractivity contribution is 0.131. The second-order valence-electron chi connectivity index (χ2n) is 7.83. The van der Waals surface area contributed by atoms with Crippen molar-refractivity contribution in [3.63, 3.8) is 0 Å². The molecule has 182 valence electrons. The maximum absolute atomic E-state index is 5.68. The van der Waals surface area contributed by atoms with Gasteiger partial charge in [-0.2, -0.15) is 0 Å². The number of methoxy groups -OCH3 is 1. The third-order valence-electron chi connectivity index (χ3n) is 5.82. The van der Waals surface area contributed by atoms with E-state index in [-0.39, 0.29) is 24.0 Å². The van der Waals surface area contributed by atoms with Gasteiger partial charge >= 0.3 is 0 Å². The minimum Gasteiger partial charge on any atom is -0.493 e. The van der Waals surface area contributed by atoms with E-state index in [2.05, 4.69) is 56.6 Å². The van der Waals surface area contributed by atoms with Crippen molar-refractivity contribution in [2.75, 3.05) is 58.8 Å². The van der Waals surface area contributed by atoms with Crippen molar-refractivity contribution < 1.29 is 9.47 Å². The minimum atomic E-state index is 0. The van der Waals surface area contributed by atoms with Gasteiger partial charge in [-0.3, -0.25) is 9.89 Å². The van der Waals surface area contributed by atoms with Crippen LogP contribution in [0.1, 0.15) is 25.0 Å². The van der Waals surface area contributed by atoms with Gasteiger partial charge in [-0.15, -0.1) is 24.0 Å². The summed E-state index contributed by atoms with van der Waals surface area (Å²) in [4.78, 5) is 9.44. The molecule has 0 aromatic heterocycles. The Kier molecular flexibility index (Phi) is 11.8. The summed E-state index contributed by atoms with van der Waals surface area (Å²) in [6.45, 7) is 12.2. The largest absolute Gasteiger partial charge is 0.493 e. The summed E-state index contributed by atoms with van der Waals surface area (Å²) in [7, 11) is 3.42. The number of likely N-dealkylation sites (N-methyl/N-ethyl adjacent to an activating group) is 1. The zero-order chi connectivity index (χ0) is 22.8. The van der Waals surface area contributed by atoms with Crippen molar-refractivity contribution in [1.29, 1.82) is 0 Å². The number of rotatable bonds is 9. The number of anilines is 1. The van der Waals surface area contributed by atoms with Crippen molar-refractivity contribution in [3.8, 4) is 11.5 Å². The van der Waals surface area contributed by atoms with Gasteiger partial charge in [-0.05, 0) is 36.7 Å². The summed E-state index contributed by atoms with van der Waals surface area (Å²) in [5.41, 5.74) is 3.55. The van der Waals surface area contributed by atoms with Crippen LogP contribution in [-0.4, -0.2) is 69.2 Å². The third kappa shape index (κ3) is 8.04. The van der Waals surface area contributed by atoms with Crippen molar-refractivity contribution in [3.05, 3.63) is 53.6 Å². The Labute approximate surface area is 215 Å². The van der Waals surface area contributed by atoms with Crippen molar-refractivity contribution in [2.24, 2.45) is 4.99 Å². The van der Waals surface area contributed by atoms with E-state index in [9.17, 15) is 0 Å². The monoisotopic (exact) mass is 567 g/mol. The molecule has 2 N–H and O–H groups in total. The number of benzene rings is 2. The highest BCUT2D eigenvalue weighted by Gasteiger charge is 2.16. The van der Waals surface area contributed by atoms with Crippen LogP contribution in [0, 0.1) is 0 Å². The van der Waals surface area contributed by atoms with Crippen LogP contribution in [0.15, 0.2) is 47.5 Å². The second kappa shape index (κ2) is 14.3. The lowest BCUT2D eigenvalue weighted by atomic mass is 10.1. The van der Waals surface area contributed by atoms with E-state index in [1.54, 1.807) is 14.2 Å². The zero-order valence-electron chi connectivity index (χ0n) is 20.3. The van der Waals surface area contributed by atoms with Crippen LogP contribution in [0.3, 0.4) is 0 Å². The van der Waals surface area contributed by atoms with Crippen molar-refractivity contribution in [2.45, 2.75) is 26.9 Å². The van der Waals surface area contributed by atoms with Gasteiger partial charge in [0.2, 0.25) is 0 Å². The van der Waals surface area contributed by atoms with E-state index in [0.717, 1.165) is 45.0 Å². The normalized spacial score (nSPS) is 15.0. The predicted molar refractivity (Wildman–Crippen MR) is 147 cm³/mol. The van der Waals surface area contributed by atoms with Gasteiger partial charge in [0.15, 0.2) is 17.5 Å². The molecule has 0 bridgehead atoms. The first-order valence-electron chi connectivity index (χ1n) is 11.5. The fourth-order valence-corrected chi connectivity index (χ4v) is 3.91. The Morgan fingerprint density at radius 1 is 0.970 bits per heavy atom. The molecule has 2 aromatic rings. The maximum atomic E-state index is 5.68. The number of guanidine groups is 1. The number of ether oxygens (including phenoxy) is 2. The average Bonchev–Trinajstić information content (AvgIpc) is 2.83. The van der Waals surface area contributed by atoms with Gasteiger partial charge in [-0.25, -0.2) is 0 Å². The van der Waals surface area contributed by atoms with Crippen LogP contribution >= 0.6 is 24.0 Å². The predicted octanol–water partition coefficient (Wildman–Crippen LogP) is 4.04. The average molecular weight is 568 g/mol. The van der Waals surface area contributed by atoms with E-state index in [1.165, 1.54) is 11.1 Å². The molecule has 0 aliphatic carbocycles. The van der Waals surface area contributed by atoms with Gasteiger partial charge in [-0.1, -0.05) is 31.2 Å². The number of aliphatic imine (C=N–C) groups is 1. The molecule has 2 aromatic carbocycles. The Morgan fingerprint density at radius 2 is 1.67 bits per heavy atom. The smallest absolute Gasteiger partial charge is 0.195 e. The summed E-state index contributed by atoms with van der Waals surface area (Å²) in [6, 6.07) is 14.4. The SMILES string of the molecule is CCOc1cc(NC(=NC)NCc2ccccc2CN2CCN(CC)CC2)ccc1OC.I. The molecule has 0 saturated carbocycles. The highest BCUT2D eigenvalue weighted by molar-refractivity contribution is 14.0. The molecular weight excluding hydrogens is 529 g/mol. The molecule has 1 aliphatic rings. The first-order valence-corrected chi connectivity index (χ1v) is 11.5. The summed E-state index contributed by atoms with van der Waals surface area (Å²) in [5.74, 6) is 2.14. The fraction of sp³-hybridized carbons (Fsp3) is 0.480. The third-order valence-corrected chi connectivity index (χ3v) is 5.82. The summed E-state index contributed by atoms with van der Waals surface area (Å²) in [5, 5.41) is 6.80. The van der Waals surface area contributed by atoms with Crippen molar-refractivity contribution in [1.82, 2.24) is 15.1 Å². The van der Waals surface area contributed by atoms with E-state index in [0.29, 0.717) is 30.6 Å². The molecule has 33 heavy (non-hydrogen) atoms. The Balaban J connectivity index is 0.00000385. The highest BCUT2D eigenvalue weighted by Crippen LogP contribution is 2.30. The van der Waals surface area contributed by atoms with Crippen LogP contribution in [0.5, 0.6) is 11.5 Å². The van der Waals surface area contributed by atoms with Crippen molar-refractivity contribution >= 4 is 35.6 Å². The maximum Gasteiger partial charge on any atom is 0.195 e. The van der Waals surface area contributed by atoms with Gasteiger partial charge in [0.1, 0.15) is 0 Å². The highest BCUT2D eigenvalue weighted by atomic mass is 127. The molecule has 3 rings (SSSR count). The first kappa shape index (κ1) is 27.2. The minimum absolute atomic E-state index is 0. The molecule has 7 nitrogen and oxygen atoms in total. The van der Waals surface area contributed by atoms with Crippen LogP contribution < -0.4 is 20.1 Å². The Morgan fingerprint density at radius 3 is 2.30 bits per heavy atom. The van der Waals surface area contributed by atoms with E-state index < -0.39 is 0 Å². The second-order valence-corrected chi connectivity index (χ2v) is 7.83. The van der Waals surface area contributed by atoms with Crippen LogP contribution in [-0.2, 0) is 13.1 Å². The van der Waals surface area contributed by atoms with E-state index in [4.69, 9.17) is 9.47 Å². The van der Waals surface area contributed by atoms with Crippen LogP contribution in [0.4, 0.5) is 5.69 Å². The zero-order valence-corrected chi connectivity index (χ0v) is 22.6. The molecular formula is C25H38IN5O2. The van der Waals surface area contributed by atoms with Gasteiger partial charge in [0, 0.05) is 58.1 Å². The number of nitrogens with one attached hydrogen (secondary N) is 2. The Bertz CT molecular complexity index is 885. The lowest BCUT2D eigenvalue weighted by Gasteiger charge is -2.34. The molecule has 0 radical (unpaired) electrons. The lowest BCUT2D eigenvalue weighted by Crippen LogP contribution is -2.45. The molecule has 0 amide bonds. The molecule has 8 heteroatoms. The topological polar surface area (TPSA) is 61.4 Å². The van der Waals surface area contributed by atoms with Crippen LogP contribution in [0.25, 0.3) is 0 Å². The van der Waals surface area contributed by atoms with Gasteiger partial charge < -0.3 is 25.0 Å². The van der Waals surface area contributed by atoms with Gasteiger partial charge in [0.25, 0.3) is 0 Å². The molecule has 0 atom stereocenters. The van der Waals surface area contributed by atoms with E-state index in [1.807, 2.05) is 25.1 Å². The number of hydrogen-bond acceptors (Lipinski definition) is 5. The number of halogens is 1. The summed E-state index contributed by atoms with van der Waals surface area (Å²) >= 11 is 0. The first-order chi connectivity index (χ1) is 15.7. The summed E-state index contributed by atoms with van der Waals surface area (Å²) < 4.78 is 11.1. The standard InChI is InChI=1S/C25H37N5O2.HI/c1-5-29-13-15-30(16-14-29)19-21-10-8-7-9-20(21)18-27-25(26-3)28-22-11-12-23(31-4)24(17-22)32-6-2;/h7-12,17H,5-6,13-16,18-19H2,1-4H3,(H2,26,27,28);1H. The number of piperazine rings is 1. The van der Waals surface area contributed by atoms with E-state index >= 15 is 0 Å². The fourth-order valence-electron chi connectivity index (χ4n) is 3.91. The molecule has 1 aliphatic heterocycles. The molecule has 1 fully saturated rings. The molecule has 0 unspecified atom stereocenters. The van der Waals surface area contributed by atoms with Gasteiger partial charge in [0.05, 0.1) is 13.7 Å². The summed E-state index contributed by atoms with van der Waals surface area (Å²) in [6.07, 6.45) is 0. The molecule has 1 saturated heterocycles. The quantitative estimate of drug-likeness (QED) is 0.271.